The van der Waals surface area contributed by atoms with E-state index in [1.807, 2.05) is 49.4 Å². The van der Waals surface area contributed by atoms with E-state index in [4.69, 9.17) is 26.2 Å². The molecule has 2 aromatic rings. The maximum atomic E-state index is 10.9. The molecule has 0 radical (unpaired) electrons. The molecular weight excluding hydrogens is 356 g/mol. The van der Waals surface area contributed by atoms with E-state index in [2.05, 4.69) is 10.3 Å². The minimum Gasteiger partial charge on any atom is -0.495 e. The van der Waals surface area contributed by atoms with E-state index in [0.717, 1.165) is 16.7 Å². The summed E-state index contributed by atoms with van der Waals surface area (Å²) in [5.41, 5.74) is 2.17. The van der Waals surface area contributed by atoms with Crippen molar-refractivity contribution in [1.29, 1.82) is 0 Å². The lowest BCUT2D eigenvalue weighted by atomic mass is 9.90. The van der Waals surface area contributed by atoms with E-state index in [1.54, 1.807) is 7.11 Å². The topological polar surface area (TPSA) is 80.2 Å². The Morgan fingerprint density at radius 1 is 1.31 bits per heavy atom. The van der Waals surface area contributed by atoms with Crippen LogP contribution in [0.1, 0.15) is 12.5 Å². The fraction of sp³-hybridized carbons (Fsp3) is 0.263. The summed E-state index contributed by atoms with van der Waals surface area (Å²) in [6, 6.07) is 13.5. The minimum absolute atomic E-state index is 0.148. The third-order valence-electron chi connectivity index (χ3n) is 4.22. The zero-order valence-corrected chi connectivity index (χ0v) is 15.2. The van der Waals surface area contributed by atoms with Crippen molar-refractivity contribution < 1.29 is 19.4 Å². The molecule has 7 heteroatoms. The lowest BCUT2D eigenvalue weighted by Gasteiger charge is -2.31. The van der Waals surface area contributed by atoms with Crippen LogP contribution in [0.15, 0.2) is 47.5 Å². The Balaban J connectivity index is 1.96. The second-order valence-electron chi connectivity index (χ2n) is 6.19. The third kappa shape index (κ3) is 3.81. The van der Waals surface area contributed by atoms with Crippen LogP contribution in [0.4, 0.5) is 4.79 Å². The highest BCUT2D eigenvalue weighted by Crippen LogP contribution is 2.34. The van der Waals surface area contributed by atoms with Gasteiger partial charge in [-0.3, -0.25) is 10.3 Å². The molecular formula is C19H19ClN2O4. The molecule has 2 N–H and O–H groups in total. The van der Waals surface area contributed by atoms with Crippen LogP contribution in [-0.4, -0.2) is 37.4 Å². The molecule has 26 heavy (non-hydrogen) atoms. The van der Waals surface area contributed by atoms with Gasteiger partial charge in [0, 0.05) is 0 Å². The maximum Gasteiger partial charge on any atom is 0.410 e. The fourth-order valence-electron chi connectivity index (χ4n) is 2.92. The van der Waals surface area contributed by atoms with E-state index in [-0.39, 0.29) is 6.61 Å². The first kappa shape index (κ1) is 18.2. The molecule has 1 unspecified atom stereocenters. The van der Waals surface area contributed by atoms with Crippen molar-refractivity contribution in [3.8, 4) is 16.9 Å². The Morgan fingerprint density at radius 3 is 2.77 bits per heavy atom. The molecule has 0 bridgehead atoms. The number of nitrogens with one attached hydrogen (secondary N) is 1. The number of ether oxygens (including phenoxy) is 2. The first-order valence-electron chi connectivity index (χ1n) is 8.02. The van der Waals surface area contributed by atoms with Crippen LogP contribution in [0.3, 0.4) is 0 Å². The largest absolute Gasteiger partial charge is 0.495 e. The molecule has 136 valence electrons. The highest BCUT2D eigenvalue weighted by molar-refractivity contribution is 6.32. The molecule has 1 aliphatic rings. The van der Waals surface area contributed by atoms with Gasteiger partial charge in [-0.05, 0) is 41.8 Å². The number of carboxylic acid groups (broad SMARTS) is 1. The number of aliphatic imine (C=N–C) groups is 1. The van der Waals surface area contributed by atoms with Gasteiger partial charge in [0.25, 0.3) is 0 Å². The molecule has 0 spiro atoms. The number of halogens is 1. The van der Waals surface area contributed by atoms with Crippen LogP contribution in [0, 0.1) is 0 Å². The summed E-state index contributed by atoms with van der Waals surface area (Å²) >= 11 is 6.23. The van der Waals surface area contributed by atoms with Crippen molar-refractivity contribution in [3.63, 3.8) is 0 Å². The van der Waals surface area contributed by atoms with Gasteiger partial charge >= 0.3 is 6.09 Å². The molecule has 1 atom stereocenters. The highest BCUT2D eigenvalue weighted by atomic mass is 35.5. The maximum absolute atomic E-state index is 10.9. The summed E-state index contributed by atoms with van der Waals surface area (Å²) in [7, 11) is 1.58. The van der Waals surface area contributed by atoms with E-state index >= 15 is 0 Å². The molecule has 2 aromatic carbocycles. The van der Waals surface area contributed by atoms with Gasteiger partial charge in [-0.2, -0.15) is 0 Å². The van der Waals surface area contributed by atoms with Crippen LogP contribution >= 0.6 is 11.6 Å². The summed E-state index contributed by atoms with van der Waals surface area (Å²) in [4.78, 5) is 15.4. The smallest absolute Gasteiger partial charge is 0.410 e. The van der Waals surface area contributed by atoms with Crippen LogP contribution < -0.4 is 10.1 Å². The zero-order chi connectivity index (χ0) is 18.7. The monoisotopic (exact) mass is 374 g/mol. The lowest BCUT2D eigenvalue weighted by molar-refractivity contribution is 0.104. The molecule has 0 saturated carbocycles. The van der Waals surface area contributed by atoms with Crippen LogP contribution in [0.5, 0.6) is 5.75 Å². The van der Waals surface area contributed by atoms with E-state index < -0.39 is 11.6 Å². The third-order valence-corrected chi connectivity index (χ3v) is 4.52. The normalized spacial score (nSPS) is 19.6. The van der Waals surface area contributed by atoms with Crippen molar-refractivity contribution in [2.24, 2.45) is 4.99 Å². The van der Waals surface area contributed by atoms with Gasteiger partial charge in [0.1, 0.15) is 23.7 Å². The summed E-state index contributed by atoms with van der Waals surface area (Å²) < 4.78 is 10.7. The summed E-state index contributed by atoms with van der Waals surface area (Å²) in [5, 5.41) is 11.7. The average Bonchev–Trinajstić information content (AvgIpc) is 2.61. The number of amidine groups is 1. The van der Waals surface area contributed by atoms with E-state index in [1.165, 1.54) is 0 Å². The molecule has 3 rings (SSSR count). The predicted molar refractivity (Wildman–Crippen MR) is 100 cm³/mol. The van der Waals surface area contributed by atoms with Crippen LogP contribution in [0.25, 0.3) is 11.1 Å². The van der Waals surface area contributed by atoms with Crippen LogP contribution in [0.2, 0.25) is 5.02 Å². The number of hydrogen-bond donors (Lipinski definition) is 2. The molecule has 1 heterocycles. The number of amides is 1. The Hall–Kier alpha value is -2.57. The van der Waals surface area contributed by atoms with E-state index in [9.17, 15) is 4.79 Å². The number of rotatable bonds is 3. The number of benzene rings is 2. The van der Waals surface area contributed by atoms with Gasteiger partial charge in [0.2, 0.25) is 0 Å². The van der Waals surface area contributed by atoms with Gasteiger partial charge < -0.3 is 14.6 Å². The first-order chi connectivity index (χ1) is 12.4. The Bertz CT molecular complexity index is 868. The van der Waals surface area contributed by atoms with Crippen molar-refractivity contribution in [2.45, 2.75) is 12.5 Å². The SMILES string of the molecule is COc1ccc(-c2cccc(C3(C)COCC(NC(=O)O)=N3)c2)cc1Cl. The number of carbonyl (C=O) groups is 1. The van der Waals surface area contributed by atoms with Crippen molar-refractivity contribution in [3.05, 3.63) is 53.1 Å². The van der Waals surface area contributed by atoms with Crippen molar-refractivity contribution in [2.75, 3.05) is 20.3 Å². The quantitative estimate of drug-likeness (QED) is 0.853. The zero-order valence-electron chi connectivity index (χ0n) is 14.5. The highest BCUT2D eigenvalue weighted by Gasteiger charge is 2.31. The fourth-order valence-corrected chi connectivity index (χ4v) is 3.18. The second kappa shape index (κ2) is 7.35. The summed E-state index contributed by atoms with van der Waals surface area (Å²) in [5.74, 6) is 0.914. The van der Waals surface area contributed by atoms with Gasteiger partial charge in [0.05, 0.1) is 18.7 Å². The molecule has 0 saturated heterocycles. The van der Waals surface area contributed by atoms with Crippen molar-refractivity contribution >= 4 is 23.5 Å². The minimum atomic E-state index is -1.15. The molecule has 0 fully saturated rings. The van der Waals surface area contributed by atoms with Gasteiger partial charge in [-0.25, -0.2) is 4.79 Å². The van der Waals surface area contributed by atoms with Gasteiger partial charge in [-0.15, -0.1) is 0 Å². The lowest BCUT2D eigenvalue weighted by Crippen LogP contribution is -2.42. The van der Waals surface area contributed by atoms with Gasteiger partial charge in [-0.1, -0.05) is 35.9 Å². The number of methoxy groups -OCH3 is 1. The van der Waals surface area contributed by atoms with Gasteiger partial charge in [0.15, 0.2) is 0 Å². The Kier molecular flexibility index (Phi) is 5.15. The Morgan fingerprint density at radius 2 is 2.08 bits per heavy atom. The average molecular weight is 375 g/mol. The molecule has 1 amide bonds. The van der Waals surface area contributed by atoms with E-state index in [0.29, 0.717) is 23.2 Å². The number of hydrogen-bond acceptors (Lipinski definition) is 4. The standard InChI is InChI=1S/C19H19ClN2O4/c1-19(11-26-10-17(22-19)21-18(23)24)14-5-3-4-12(8-14)13-6-7-16(25-2)15(20)9-13/h3-9H,10-11H2,1-2H3,(H,21,22)(H,23,24). The van der Waals surface area contributed by atoms with Crippen molar-refractivity contribution in [1.82, 2.24) is 5.32 Å². The molecule has 0 aliphatic carbocycles. The predicted octanol–water partition coefficient (Wildman–Crippen LogP) is 3.93. The summed E-state index contributed by atoms with van der Waals surface area (Å²) in [6.07, 6.45) is -1.15. The number of nitrogens with zero attached hydrogens (tertiary/aromatic N) is 1. The molecule has 0 aromatic heterocycles. The molecule has 1 aliphatic heterocycles. The summed E-state index contributed by atoms with van der Waals surface area (Å²) in [6.45, 7) is 2.43. The first-order valence-corrected chi connectivity index (χ1v) is 8.40. The molecule has 6 nitrogen and oxygen atoms in total. The second-order valence-corrected chi connectivity index (χ2v) is 6.59. The van der Waals surface area contributed by atoms with Crippen LogP contribution in [-0.2, 0) is 10.3 Å². The Labute approximate surface area is 156 Å².